The summed E-state index contributed by atoms with van der Waals surface area (Å²) in [4.78, 5) is 33.8. The molecule has 0 atom stereocenters. The smallest absolute Gasteiger partial charge is 0.272 e. The zero-order valence-electron chi connectivity index (χ0n) is 13.2. The second-order valence-electron chi connectivity index (χ2n) is 5.32. The first kappa shape index (κ1) is 17.3. The standard InChI is InChI=1S/C17H14Cl2N4O2/c1-2-10-7-14(24)23-16(20-10)9-4-3-5-11(6-9)21-17(25)13-8-12(18)15(19)22-13/h3-8,22H,2H2,1H3,(H,21,25)(H,20,23,24). The zero-order chi connectivity index (χ0) is 18.0. The van der Waals surface area contributed by atoms with Gasteiger partial charge in [0, 0.05) is 23.0 Å². The van der Waals surface area contributed by atoms with Gasteiger partial charge in [-0.25, -0.2) is 4.98 Å². The van der Waals surface area contributed by atoms with Gasteiger partial charge in [-0.1, -0.05) is 42.3 Å². The summed E-state index contributed by atoms with van der Waals surface area (Å²) < 4.78 is 0. The lowest BCUT2D eigenvalue weighted by atomic mass is 10.1. The molecule has 0 aliphatic heterocycles. The number of rotatable bonds is 4. The molecule has 3 aromatic rings. The van der Waals surface area contributed by atoms with Crippen LogP contribution < -0.4 is 10.9 Å². The SMILES string of the molecule is CCc1cc(=O)[nH]c(-c2cccc(NC(=O)c3cc(Cl)c(Cl)[nH]3)c2)n1. The van der Waals surface area contributed by atoms with Crippen LogP contribution in [0.25, 0.3) is 11.4 Å². The van der Waals surface area contributed by atoms with Gasteiger partial charge in [0.25, 0.3) is 11.5 Å². The van der Waals surface area contributed by atoms with Crippen molar-refractivity contribution in [1.82, 2.24) is 15.0 Å². The Balaban J connectivity index is 1.88. The Morgan fingerprint density at radius 1 is 1.20 bits per heavy atom. The highest BCUT2D eigenvalue weighted by Gasteiger charge is 2.12. The lowest BCUT2D eigenvalue weighted by molar-refractivity contribution is 0.102. The number of hydrogen-bond donors (Lipinski definition) is 3. The number of benzene rings is 1. The van der Waals surface area contributed by atoms with Crippen LogP contribution in [0.3, 0.4) is 0 Å². The lowest BCUT2D eigenvalue weighted by Crippen LogP contribution is -2.13. The number of aryl methyl sites for hydroxylation is 1. The van der Waals surface area contributed by atoms with Gasteiger partial charge in [-0.15, -0.1) is 0 Å². The fourth-order valence-electron chi connectivity index (χ4n) is 2.29. The highest BCUT2D eigenvalue weighted by molar-refractivity contribution is 6.41. The van der Waals surface area contributed by atoms with Gasteiger partial charge in [-0.3, -0.25) is 9.59 Å². The molecule has 0 radical (unpaired) electrons. The van der Waals surface area contributed by atoms with Crippen molar-refractivity contribution in [3.8, 4) is 11.4 Å². The third-order valence-corrected chi connectivity index (χ3v) is 4.21. The molecule has 6 nitrogen and oxygen atoms in total. The minimum Gasteiger partial charge on any atom is -0.340 e. The molecule has 2 heterocycles. The van der Waals surface area contributed by atoms with E-state index < -0.39 is 0 Å². The molecule has 25 heavy (non-hydrogen) atoms. The van der Waals surface area contributed by atoms with Crippen molar-refractivity contribution in [2.24, 2.45) is 0 Å². The zero-order valence-corrected chi connectivity index (χ0v) is 14.7. The molecule has 2 aromatic heterocycles. The van der Waals surface area contributed by atoms with Crippen LogP contribution >= 0.6 is 23.2 Å². The Bertz CT molecular complexity index is 975. The number of H-pyrrole nitrogens is 2. The number of carbonyl (C=O) groups is 1. The van der Waals surface area contributed by atoms with E-state index in [4.69, 9.17) is 23.2 Å². The Kier molecular flexibility index (Phi) is 4.92. The maximum absolute atomic E-state index is 12.2. The monoisotopic (exact) mass is 376 g/mol. The molecule has 0 saturated carbocycles. The molecule has 3 N–H and O–H groups in total. The number of halogens is 2. The van der Waals surface area contributed by atoms with Crippen LogP contribution in [0.2, 0.25) is 10.2 Å². The predicted molar refractivity (Wildman–Crippen MR) is 98.4 cm³/mol. The van der Waals surface area contributed by atoms with Crippen molar-refractivity contribution in [1.29, 1.82) is 0 Å². The summed E-state index contributed by atoms with van der Waals surface area (Å²) in [6.45, 7) is 1.93. The van der Waals surface area contributed by atoms with Gasteiger partial charge in [0.2, 0.25) is 0 Å². The van der Waals surface area contributed by atoms with E-state index in [9.17, 15) is 9.59 Å². The van der Waals surface area contributed by atoms with Gasteiger partial charge in [-0.05, 0) is 24.6 Å². The summed E-state index contributed by atoms with van der Waals surface area (Å²) in [5, 5.41) is 3.23. The van der Waals surface area contributed by atoms with Gasteiger partial charge in [0.1, 0.15) is 16.7 Å². The van der Waals surface area contributed by atoms with E-state index in [1.165, 1.54) is 12.1 Å². The first-order valence-electron chi connectivity index (χ1n) is 7.52. The number of carbonyl (C=O) groups excluding carboxylic acids is 1. The van der Waals surface area contributed by atoms with Crippen molar-refractivity contribution in [2.45, 2.75) is 13.3 Å². The molecular formula is C17H14Cl2N4O2. The van der Waals surface area contributed by atoms with Gasteiger partial charge < -0.3 is 15.3 Å². The van der Waals surface area contributed by atoms with Crippen LogP contribution in [0.15, 0.2) is 41.2 Å². The topological polar surface area (TPSA) is 90.6 Å². The lowest BCUT2D eigenvalue weighted by Gasteiger charge is -2.07. The average molecular weight is 377 g/mol. The molecule has 128 valence electrons. The Hall–Kier alpha value is -2.57. The fourth-order valence-corrected chi connectivity index (χ4v) is 2.61. The summed E-state index contributed by atoms with van der Waals surface area (Å²) >= 11 is 11.7. The summed E-state index contributed by atoms with van der Waals surface area (Å²) in [7, 11) is 0. The molecule has 0 saturated heterocycles. The van der Waals surface area contributed by atoms with E-state index in [0.717, 1.165) is 0 Å². The van der Waals surface area contributed by atoms with E-state index >= 15 is 0 Å². The third-order valence-electron chi connectivity index (χ3n) is 3.52. The van der Waals surface area contributed by atoms with E-state index in [0.29, 0.717) is 29.2 Å². The van der Waals surface area contributed by atoms with Crippen molar-refractivity contribution in [3.63, 3.8) is 0 Å². The normalized spacial score (nSPS) is 10.7. The van der Waals surface area contributed by atoms with Crippen molar-refractivity contribution < 1.29 is 4.79 Å². The fraction of sp³-hybridized carbons (Fsp3) is 0.118. The number of anilines is 1. The number of nitrogens with one attached hydrogen (secondary N) is 3. The summed E-state index contributed by atoms with van der Waals surface area (Å²) in [5.41, 5.74) is 1.97. The van der Waals surface area contributed by atoms with Crippen LogP contribution in [0.1, 0.15) is 23.1 Å². The van der Waals surface area contributed by atoms with E-state index in [2.05, 4.69) is 20.3 Å². The van der Waals surface area contributed by atoms with Crippen LogP contribution in [0.4, 0.5) is 5.69 Å². The summed E-state index contributed by atoms with van der Waals surface area (Å²) in [6.07, 6.45) is 0.654. The molecule has 1 amide bonds. The Morgan fingerprint density at radius 2 is 2.00 bits per heavy atom. The van der Waals surface area contributed by atoms with Crippen molar-refractivity contribution in [3.05, 3.63) is 68.3 Å². The van der Waals surface area contributed by atoms with Crippen LogP contribution in [-0.4, -0.2) is 20.9 Å². The largest absolute Gasteiger partial charge is 0.340 e. The number of aromatic amines is 2. The second kappa shape index (κ2) is 7.13. The molecule has 8 heteroatoms. The minimum absolute atomic E-state index is 0.207. The average Bonchev–Trinajstić information content (AvgIpc) is 2.94. The van der Waals surface area contributed by atoms with E-state index in [-0.39, 0.29) is 27.3 Å². The van der Waals surface area contributed by atoms with Crippen molar-refractivity contribution in [2.75, 3.05) is 5.32 Å². The van der Waals surface area contributed by atoms with Gasteiger partial charge in [0.05, 0.1) is 5.02 Å². The molecule has 0 aliphatic carbocycles. The first-order valence-corrected chi connectivity index (χ1v) is 8.28. The van der Waals surface area contributed by atoms with Gasteiger partial charge in [0.15, 0.2) is 0 Å². The molecule has 0 unspecified atom stereocenters. The Labute approximate surface area is 153 Å². The summed E-state index contributed by atoms with van der Waals surface area (Å²) in [6, 6.07) is 9.94. The van der Waals surface area contributed by atoms with Crippen LogP contribution in [-0.2, 0) is 6.42 Å². The molecule has 1 aromatic carbocycles. The van der Waals surface area contributed by atoms with Gasteiger partial charge >= 0.3 is 0 Å². The first-order chi connectivity index (χ1) is 12.0. The predicted octanol–water partition coefficient (Wildman–Crippen LogP) is 3.89. The highest BCUT2D eigenvalue weighted by atomic mass is 35.5. The van der Waals surface area contributed by atoms with E-state index in [1.54, 1.807) is 24.3 Å². The van der Waals surface area contributed by atoms with E-state index in [1.807, 2.05) is 6.92 Å². The molecule has 0 aliphatic rings. The molecule has 0 bridgehead atoms. The number of amides is 1. The Morgan fingerprint density at radius 3 is 2.68 bits per heavy atom. The minimum atomic E-state index is -0.380. The third kappa shape index (κ3) is 3.92. The maximum atomic E-state index is 12.2. The number of aromatic nitrogens is 3. The molecular weight excluding hydrogens is 363 g/mol. The molecule has 0 spiro atoms. The number of hydrogen-bond acceptors (Lipinski definition) is 3. The van der Waals surface area contributed by atoms with Crippen molar-refractivity contribution >= 4 is 34.8 Å². The number of nitrogens with zero attached hydrogens (tertiary/aromatic N) is 1. The maximum Gasteiger partial charge on any atom is 0.272 e. The van der Waals surface area contributed by atoms with Gasteiger partial charge in [-0.2, -0.15) is 0 Å². The molecule has 0 fully saturated rings. The highest BCUT2D eigenvalue weighted by Crippen LogP contribution is 2.23. The quantitative estimate of drug-likeness (QED) is 0.644. The molecule has 3 rings (SSSR count). The van der Waals surface area contributed by atoms with Crippen LogP contribution in [0, 0.1) is 0 Å². The second-order valence-corrected chi connectivity index (χ2v) is 6.10. The summed E-state index contributed by atoms with van der Waals surface area (Å²) in [5.74, 6) is 0.0705. The van der Waals surface area contributed by atoms with Crippen LogP contribution in [0.5, 0.6) is 0 Å².